The number of nitrogens with zero attached hydrogens (tertiary/aromatic N) is 6. The van der Waals surface area contributed by atoms with Crippen LogP contribution in [0.3, 0.4) is 0 Å². The summed E-state index contributed by atoms with van der Waals surface area (Å²) in [6, 6.07) is 2.81. The number of halogens is 2. The molecule has 1 aliphatic heterocycles. The van der Waals surface area contributed by atoms with E-state index in [9.17, 15) is 8.78 Å². The molecule has 1 fully saturated rings. The maximum absolute atomic E-state index is 13.1. The Labute approximate surface area is 153 Å². The summed E-state index contributed by atoms with van der Waals surface area (Å²) in [5.74, 6) is 1.05. The van der Waals surface area contributed by atoms with Crippen LogP contribution in [0, 0.1) is 6.92 Å². The highest BCUT2D eigenvalue weighted by atomic mass is 19.3. The minimum Gasteiger partial charge on any atom is -0.378 e. The molecule has 0 unspecified atom stereocenters. The van der Waals surface area contributed by atoms with E-state index in [0.717, 1.165) is 0 Å². The molecule has 4 heterocycles. The summed E-state index contributed by atoms with van der Waals surface area (Å²) in [6.45, 7) is 4.01. The van der Waals surface area contributed by atoms with Crippen LogP contribution in [-0.2, 0) is 4.74 Å². The molecule has 27 heavy (non-hydrogen) atoms. The summed E-state index contributed by atoms with van der Waals surface area (Å²) in [4.78, 5) is 23.4. The number of rotatable bonds is 3. The lowest BCUT2D eigenvalue weighted by Gasteiger charge is -2.28. The van der Waals surface area contributed by atoms with Crippen LogP contribution in [0.5, 0.6) is 0 Å². The number of hydrogen-bond acceptors (Lipinski definition) is 8. The Morgan fingerprint density at radius 1 is 1.11 bits per heavy atom. The summed E-state index contributed by atoms with van der Waals surface area (Å²) in [5, 5.41) is 0. The first-order valence-corrected chi connectivity index (χ1v) is 8.42. The van der Waals surface area contributed by atoms with Crippen molar-refractivity contribution in [2.75, 3.05) is 36.9 Å². The van der Waals surface area contributed by atoms with Crippen LogP contribution < -0.4 is 10.6 Å². The lowest BCUT2D eigenvalue weighted by Crippen LogP contribution is -2.37. The van der Waals surface area contributed by atoms with Gasteiger partial charge in [-0.3, -0.25) is 0 Å². The number of hydrogen-bond donors (Lipinski definition) is 1. The summed E-state index contributed by atoms with van der Waals surface area (Å²) in [5.41, 5.74) is 7.39. The van der Waals surface area contributed by atoms with Crippen molar-refractivity contribution in [3.63, 3.8) is 0 Å². The van der Waals surface area contributed by atoms with Crippen molar-refractivity contribution >= 4 is 22.8 Å². The van der Waals surface area contributed by atoms with Crippen molar-refractivity contribution in [1.82, 2.24) is 24.9 Å². The zero-order valence-electron chi connectivity index (χ0n) is 14.6. The van der Waals surface area contributed by atoms with Crippen molar-refractivity contribution in [2.45, 2.75) is 13.3 Å². The Morgan fingerprint density at radius 2 is 1.89 bits per heavy atom. The predicted octanol–water partition coefficient (Wildman–Crippen LogP) is 2.15. The first-order chi connectivity index (χ1) is 13.0. The summed E-state index contributed by atoms with van der Waals surface area (Å²) >= 11 is 0. The van der Waals surface area contributed by atoms with Gasteiger partial charge in [-0.25, -0.2) is 33.7 Å². The molecule has 1 saturated heterocycles. The topological polar surface area (TPSA) is 103 Å². The molecule has 0 amide bonds. The molecule has 1 aliphatic rings. The van der Waals surface area contributed by atoms with E-state index in [0.29, 0.717) is 60.2 Å². The fraction of sp³-hybridized carbons (Fsp3) is 0.353. The van der Waals surface area contributed by atoms with Gasteiger partial charge in [0.1, 0.15) is 11.2 Å². The molecule has 0 saturated carbocycles. The highest BCUT2D eigenvalue weighted by Crippen LogP contribution is 2.29. The van der Waals surface area contributed by atoms with Crippen molar-refractivity contribution < 1.29 is 13.5 Å². The van der Waals surface area contributed by atoms with E-state index in [1.54, 1.807) is 13.1 Å². The number of anilines is 2. The molecule has 0 bridgehead atoms. The smallest absolute Gasteiger partial charge is 0.280 e. The lowest BCUT2D eigenvalue weighted by atomic mass is 10.2. The van der Waals surface area contributed by atoms with Crippen LogP contribution in [0.2, 0.25) is 0 Å². The number of ether oxygens (including phenoxy) is 1. The third-order valence-electron chi connectivity index (χ3n) is 4.32. The number of nitrogen functional groups attached to an aromatic ring is 1. The van der Waals surface area contributed by atoms with E-state index >= 15 is 0 Å². The number of nitrogens with two attached hydrogens (primary N) is 1. The molecule has 0 atom stereocenters. The van der Waals surface area contributed by atoms with Gasteiger partial charge in [-0.15, -0.1) is 0 Å². The van der Waals surface area contributed by atoms with Gasteiger partial charge in [-0.2, -0.15) is 0 Å². The quantitative estimate of drug-likeness (QED) is 0.745. The highest BCUT2D eigenvalue weighted by Gasteiger charge is 2.21. The number of aromatic nitrogens is 5. The molecule has 4 rings (SSSR count). The first-order valence-electron chi connectivity index (χ1n) is 8.42. The average Bonchev–Trinajstić information content (AvgIpc) is 2.67. The second kappa shape index (κ2) is 6.95. The fourth-order valence-corrected chi connectivity index (χ4v) is 2.96. The van der Waals surface area contributed by atoms with Gasteiger partial charge in [0.05, 0.1) is 30.0 Å². The predicted molar refractivity (Wildman–Crippen MR) is 95.5 cm³/mol. The highest BCUT2D eigenvalue weighted by molar-refractivity contribution is 5.87. The average molecular weight is 373 g/mol. The van der Waals surface area contributed by atoms with Gasteiger partial charge in [0, 0.05) is 19.3 Å². The Balaban J connectivity index is 1.92. The van der Waals surface area contributed by atoms with Crippen molar-refractivity contribution in [3.05, 3.63) is 29.7 Å². The molecule has 0 spiro atoms. The molecule has 0 radical (unpaired) electrons. The number of alkyl halides is 2. The van der Waals surface area contributed by atoms with Gasteiger partial charge in [0.15, 0.2) is 11.6 Å². The van der Waals surface area contributed by atoms with E-state index in [2.05, 4.69) is 24.9 Å². The second-order valence-corrected chi connectivity index (χ2v) is 6.10. The monoisotopic (exact) mass is 373 g/mol. The molecular weight excluding hydrogens is 356 g/mol. The summed E-state index contributed by atoms with van der Waals surface area (Å²) < 4.78 is 31.7. The Kier molecular flexibility index (Phi) is 4.48. The van der Waals surface area contributed by atoms with E-state index in [4.69, 9.17) is 10.5 Å². The standard InChI is InChI=1S/C17H17F2N7O/c1-9-10(8-21-17(20)22-9)15-24-11-2-3-12(14(18)19)23-13(11)16(25-15)26-4-6-27-7-5-26/h2-3,8,14H,4-7H2,1H3,(H2,20,21,22). The summed E-state index contributed by atoms with van der Waals surface area (Å²) in [7, 11) is 0. The van der Waals surface area contributed by atoms with Crippen molar-refractivity contribution in [1.29, 1.82) is 0 Å². The molecule has 0 aromatic carbocycles. The molecule has 8 nitrogen and oxygen atoms in total. The third-order valence-corrected chi connectivity index (χ3v) is 4.32. The third kappa shape index (κ3) is 3.35. The molecule has 140 valence electrons. The van der Waals surface area contributed by atoms with Crippen molar-refractivity contribution in [2.24, 2.45) is 0 Å². The van der Waals surface area contributed by atoms with Crippen LogP contribution in [0.4, 0.5) is 20.5 Å². The normalized spacial score (nSPS) is 14.9. The maximum atomic E-state index is 13.1. The van der Waals surface area contributed by atoms with Gasteiger partial charge in [-0.1, -0.05) is 0 Å². The van der Waals surface area contributed by atoms with Crippen LogP contribution in [0.25, 0.3) is 22.4 Å². The van der Waals surface area contributed by atoms with E-state index in [1.807, 2.05) is 4.90 Å². The Bertz CT molecular complexity index is 992. The molecule has 0 aliphatic carbocycles. The molecule has 2 N–H and O–H groups in total. The molecule has 3 aromatic heterocycles. The second-order valence-electron chi connectivity index (χ2n) is 6.10. The van der Waals surface area contributed by atoms with Crippen molar-refractivity contribution in [3.8, 4) is 11.4 Å². The minimum atomic E-state index is -2.67. The largest absolute Gasteiger partial charge is 0.378 e. The van der Waals surface area contributed by atoms with Gasteiger partial charge >= 0.3 is 0 Å². The maximum Gasteiger partial charge on any atom is 0.280 e. The SMILES string of the molecule is Cc1nc(N)ncc1-c1nc(N2CCOCC2)c2nc(C(F)F)ccc2n1. The molecule has 10 heteroatoms. The number of fused-ring (bicyclic) bond motifs is 1. The number of aryl methyl sites for hydroxylation is 1. The van der Waals surface area contributed by atoms with E-state index < -0.39 is 6.43 Å². The summed E-state index contributed by atoms with van der Waals surface area (Å²) in [6.07, 6.45) is -1.11. The van der Waals surface area contributed by atoms with Gasteiger partial charge in [-0.05, 0) is 19.1 Å². The van der Waals surface area contributed by atoms with E-state index in [-0.39, 0.29) is 11.6 Å². The van der Waals surface area contributed by atoms with Crippen LogP contribution in [-0.4, -0.2) is 51.2 Å². The van der Waals surface area contributed by atoms with Gasteiger partial charge < -0.3 is 15.4 Å². The van der Waals surface area contributed by atoms with Gasteiger partial charge in [0.2, 0.25) is 5.95 Å². The van der Waals surface area contributed by atoms with Crippen LogP contribution >= 0.6 is 0 Å². The lowest BCUT2D eigenvalue weighted by molar-refractivity contribution is 0.122. The first kappa shape index (κ1) is 17.4. The minimum absolute atomic E-state index is 0.161. The zero-order chi connectivity index (χ0) is 19.0. The van der Waals surface area contributed by atoms with Crippen LogP contribution in [0.1, 0.15) is 17.8 Å². The fourth-order valence-electron chi connectivity index (χ4n) is 2.96. The Hall–Kier alpha value is -3.01. The number of pyridine rings is 1. The Morgan fingerprint density at radius 3 is 2.59 bits per heavy atom. The number of morpholine rings is 1. The zero-order valence-corrected chi connectivity index (χ0v) is 14.6. The molecule has 3 aromatic rings. The molecular formula is C17H17F2N7O. The van der Waals surface area contributed by atoms with Crippen LogP contribution in [0.15, 0.2) is 18.3 Å². The van der Waals surface area contributed by atoms with E-state index in [1.165, 1.54) is 12.1 Å². The van der Waals surface area contributed by atoms with Gasteiger partial charge in [0.25, 0.3) is 6.43 Å².